The quantitative estimate of drug-likeness (QED) is 0.421. The molecular formula is C17H37N. The van der Waals surface area contributed by atoms with E-state index < -0.39 is 0 Å². The van der Waals surface area contributed by atoms with E-state index in [0.29, 0.717) is 5.41 Å². The van der Waals surface area contributed by atoms with Crippen LogP contribution in [0.25, 0.3) is 0 Å². The van der Waals surface area contributed by atoms with Crippen molar-refractivity contribution in [3.05, 3.63) is 0 Å². The van der Waals surface area contributed by atoms with E-state index in [1.807, 2.05) is 0 Å². The molecule has 0 heterocycles. The molecule has 1 heteroatoms. The maximum absolute atomic E-state index is 5.54. The van der Waals surface area contributed by atoms with Crippen molar-refractivity contribution < 1.29 is 0 Å². The number of rotatable bonds is 13. The third-order valence-corrected chi connectivity index (χ3v) is 4.22. The van der Waals surface area contributed by atoms with Crippen LogP contribution >= 0.6 is 0 Å². The molecule has 2 N–H and O–H groups in total. The van der Waals surface area contributed by atoms with Gasteiger partial charge in [0.1, 0.15) is 0 Å². The zero-order valence-corrected chi connectivity index (χ0v) is 13.3. The van der Waals surface area contributed by atoms with Crippen molar-refractivity contribution in [2.24, 2.45) is 11.1 Å². The highest BCUT2D eigenvalue weighted by atomic mass is 14.5. The average molecular weight is 255 g/mol. The molecule has 0 rings (SSSR count). The maximum atomic E-state index is 5.54. The van der Waals surface area contributed by atoms with Crippen LogP contribution in [0.4, 0.5) is 0 Å². The van der Waals surface area contributed by atoms with Crippen LogP contribution < -0.4 is 5.73 Å². The van der Waals surface area contributed by atoms with Crippen molar-refractivity contribution >= 4 is 0 Å². The SMILES string of the molecule is CCCCCCC(C)(CCC)CCCCCCN. The van der Waals surface area contributed by atoms with E-state index >= 15 is 0 Å². The van der Waals surface area contributed by atoms with Crippen LogP contribution in [0.2, 0.25) is 0 Å². The lowest BCUT2D eigenvalue weighted by Gasteiger charge is -2.29. The lowest BCUT2D eigenvalue weighted by molar-refractivity contribution is 0.229. The van der Waals surface area contributed by atoms with Crippen molar-refractivity contribution in [2.75, 3.05) is 6.54 Å². The van der Waals surface area contributed by atoms with Crippen molar-refractivity contribution in [3.8, 4) is 0 Å². The Labute approximate surface area is 116 Å². The summed E-state index contributed by atoms with van der Waals surface area (Å²) in [7, 11) is 0. The van der Waals surface area contributed by atoms with E-state index in [2.05, 4.69) is 20.8 Å². The summed E-state index contributed by atoms with van der Waals surface area (Å²) >= 11 is 0. The summed E-state index contributed by atoms with van der Waals surface area (Å²) in [5, 5.41) is 0. The molecule has 0 bridgehead atoms. The maximum Gasteiger partial charge on any atom is -0.00773 e. The number of nitrogens with two attached hydrogens (primary N) is 1. The Morgan fingerprint density at radius 1 is 0.667 bits per heavy atom. The lowest BCUT2D eigenvalue weighted by Crippen LogP contribution is -2.16. The van der Waals surface area contributed by atoms with E-state index in [0.717, 1.165) is 6.54 Å². The van der Waals surface area contributed by atoms with Gasteiger partial charge in [-0.1, -0.05) is 72.1 Å². The summed E-state index contributed by atoms with van der Waals surface area (Å²) in [6.07, 6.45) is 16.6. The Bertz CT molecular complexity index is 167. The second kappa shape index (κ2) is 12.0. The lowest BCUT2D eigenvalue weighted by atomic mass is 9.76. The van der Waals surface area contributed by atoms with Crippen molar-refractivity contribution in [2.45, 2.75) is 97.8 Å². The van der Waals surface area contributed by atoms with E-state index in [1.54, 1.807) is 0 Å². The number of hydrogen-bond acceptors (Lipinski definition) is 1. The van der Waals surface area contributed by atoms with Crippen LogP contribution in [0.1, 0.15) is 97.8 Å². The highest BCUT2D eigenvalue weighted by Crippen LogP contribution is 2.35. The van der Waals surface area contributed by atoms with Gasteiger partial charge in [-0.2, -0.15) is 0 Å². The predicted molar refractivity (Wildman–Crippen MR) is 83.9 cm³/mol. The topological polar surface area (TPSA) is 26.0 Å². The molecule has 0 aromatic carbocycles. The molecule has 0 fully saturated rings. The molecule has 0 radical (unpaired) electrons. The standard InChI is InChI=1S/C17H37N/c1-4-6-7-10-14-17(3,13-5-2)15-11-8-9-12-16-18/h4-16,18H2,1-3H3. The number of unbranched alkanes of at least 4 members (excludes halogenated alkanes) is 6. The van der Waals surface area contributed by atoms with E-state index in [1.165, 1.54) is 77.0 Å². The fourth-order valence-corrected chi connectivity index (χ4v) is 3.01. The van der Waals surface area contributed by atoms with Crippen LogP contribution in [-0.2, 0) is 0 Å². The van der Waals surface area contributed by atoms with Gasteiger partial charge >= 0.3 is 0 Å². The smallest absolute Gasteiger partial charge is 0.00773 e. The predicted octanol–water partition coefficient (Wildman–Crippen LogP) is 5.67. The Hall–Kier alpha value is -0.0400. The van der Waals surface area contributed by atoms with Gasteiger partial charge in [0.25, 0.3) is 0 Å². The summed E-state index contributed by atoms with van der Waals surface area (Å²) in [5.74, 6) is 0. The first-order chi connectivity index (χ1) is 8.68. The van der Waals surface area contributed by atoms with Gasteiger partial charge in [-0.25, -0.2) is 0 Å². The summed E-state index contributed by atoms with van der Waals surface area (Å²) in [5.41, 5.74) is 6.15. The summed E-state index contributed by atoms with van der Waals surface area (Å²) < 4.78 is 0. The summed E-state index contributed by atoms with van der Waals surface area (Å²) in [6.45, 7) is 8.01. The van der Waals surface area contributed by atoms with Crippen molar-refractivity contribution in [1.82, 2.24) is 0 Å². The third kappa shape index (κ3) is 9.94. The molecule has 0 amide bonds. The van der Waals surface area contributed by atoms with Crippen LogP contribution in [0, 0.1) is 5.41 Å². The van der Waals surface area contributed by atoms with Gasteiger partial charge in [0.2, 0.25) is 0 Å². The van der Waals surface area contributed by atoms with Crippen LogP contribution in [-0.4, -0.2) is 6.54 Å². The van der Waals surface area contributed by atoms with Crippen LogP contribution in [0.15, 0.2) is 0 Å². The molecule has 0 aliphatic heterocycles. The Balaban J connectivity index is 3.78. The van der Waals surface area contributed by atoms with Gasteiger partial charge in [0, 0.05) is 0 Å². The first-order valence-corrected chi connectivity index (χ1v) is 8.38. The minimum Gasteiger partial charge on any atom is -0.330 e. The monoisotopic (exact) mass is 255 g/mol. The Morgan fingerprint density at radius 3 is 1.72 bits per heavy atom. The highest BCUT2D eigenvalue weighted by Gasteiger charge is 2.21. The first kappa shape index (κ1) is 18.0. The number of hydrogen-bond donors (Lipinski definition) is 1. The Morgan fingerprint density at radius 2 is 1.22 bits per heavy atom. The van der Waals surface area contributed by atoms with Gasteiger partial charge in [-0.15, -0.1) is 0 Å². The largest absolute Gasteiger partial charge is 0.330 e. The molecule has 110 valence electrons. The van der Waals surface area contributed by atoms with Crippen molar-refractivity contribution in [1.29, 1.82) is 0 Å². The normalized spacial score (nSPS) is 14.7. The fourth-order valence-electron chi connectivity index (χ4n) is 3.01. The minimum atomic E-state index is 0.616. The van der Waals surface area contributed by atoms with Crippen LogP contribution in [0.3, 0.4) is 0 Å². The zero-order chi connectivity index (χ0) is 13.7. The van der Waals surface area contributed by atoms with Crippen LogP contribution in [0.5, 0.6) is 0 Å². The molecule has 0 saturated carbocycles. The summed E-state index contributed by atoms with van der Waals surface area (Å²) in [6, 6.07) is 0. The molecule has 0 aromatic heterocycles. The first-order valence-electron chi connectivity index (χ1n) is 8.38. The van der Waals surface area contributed by atoms with E-state index in [9.17, 15) is 0 Å². The molecule has 0 aliphatic rings. The molecule has 0 saturated heterocycles. The second-order valence-electron chi connectivity index (χ2n) is 6.32. The van der Waals surface area contributed by atoms with E-state index in [-0.39, 0.29) is 0 Å². The van der Waals surface area contributed by atoms with Gasteiger partial charge in [-0.3, -0.25) is 0 Å². The fraction of sp³-hybridized carbons (Fsp3) is 1.00. The zero-order valence-electron chi connectivity index (χ0n) is 13.3. The third-order valence-electron chi connectivity index (χ3n) is 4.22. The molecule has 1 unspecified atom stereocenters. The average Bonchev–Trinajstić information content (AvgIpc) is 2.35. The summed E-state index contributed by atoms with van der Waals surface area (Å²) in [4.78, 5) is 0. The van der Waals surface area contributed by atoms with Crippen molar-refractivity contribution in [3.63, 3.8) is 0 Å². The molecule has 1 atom stereocenters. The molecular weight excluding hydrogens is 218 g/mol. The molecule has 0 aromatic rings. The van der Waals surface area contributed by atoms with Gasteiger partial charge in [0.05, 0.1) is 0 Å². The molecule has 0 aliphatic carbocycles. The highest BCUT2D eigenvalue weighted by molar-refractivity contribution is 4.74. The van der Waals surface area contributed by atoms with Gasteiger partial charge < -0.3 is 5.73 Å². The minimum absolute atomic E-state index is 0.616. The van der Waals surface area contributed by atoms with Gasteiger partial charge in [0.15, 0.2) is 0 Å². The molecule has 18 heavy (non-hydrogen) atoms. The molecule has 1 nitrogen and oxygen atoms in total. The second-order valence-corrected chi connectivity index (χ2v) is 6.32. The van der Waals surface area contributed by atoms with E-state index in [4.69, 9.17) is 5.73 Å². The Kier molecular flexibility index (Phi) is 12.0. The molecule has 0 spiro atoms. The van der Waals surface area contributed by atoms with Gasteiger partial charge in [-0.05, 0) is 37.6 Å².